The van der Waals surface area contributed by atoms with E-state index >= 15 is 0 Å². The highest BCUT2D eigenvalue weighted by atomic mass is 16.5. The number of rotatable bonds is 9. The smallest absolute Gasteiger partial charge is 0.221 e. The number of carbonyl (C=O) groups excluding carboxylic acids is 1. The van der Waals surface area contributed by atoms with Crippen LogP contribution in [-0.2, 0) is 9.53 Å². The summed E-state index contributed by atoms with van der Waals surface area (Å²) in [4.78, 5) is 13.5. The SMILES string of the molecule is CCCCN(C)CCC(=O)NCCOC. The second kappa shape index (κ2) is 9.93. The minimum absolute atomic E-state index is 0.107. The van der Waals surface area contributed by atoms with E-state index in [1.54, 1.807) is 7.11 Å². The lowest BCUT2D eigenvalue weighted by molar-refractivity contribution is -0.121. The highest BCUT2D eigenvalue weighted by Gasteiger charge is 2.03. The van der Waals surface area contributed by atoms with E-state index in [1.165, 1.54) is 12.8 Å². The molecule has 0 aromatic heterocycles. The summed E-state index contributed by atoms with van der Waals surface area (Å²) in [5.74, 6) is 0.107. The lowest BCUT2D eigenvalue weighted by atomic mass is 10.3. The molecule has 15 heavy (non-hydrogen) atoms. The van der Waals surface area contributed by atoms with Gasteiger partial charge in [0, 0.05) is 26.6 Å². The minimum Gasteiger partial charge on any atom is -0.383 e. The molecular weight excluding hydrogens is 192 g/mol. The highest BCUT2D eigenvalue weighted by Crippen LogP contribution is 1.93. The third-order valence-corrected chi connectivity index (χ3v) is 2.24. The fraction of sp³-hybridized carbons (Fsp3) is 0.909. The summed E-state index contributed by atoms with van der Waals surface area (Å²) in [7, 11) is 3.68. The molecule has 0 unspecified atom stereocenters. The Kier molecular flexibility index (Phi) is 9.52. The van der Waals surface area contributed by atoms with Gasteiger partial charge in [-0.15, -0.1) is 0 Å². The van der Waals surface area contributed by atoms with Gasteiger partial charge in [-0.25, -0.2) is 0 Å². The number of unbranched alkanes of at least 4 members (excludes halogenated alkanes) is 1. The second-order valence-electron chi connectivity index (χ2n) is 3.75. The van der Waals surface area contributed by atoms with E-state index in [4.69, 9.17) is 4.74 Å². The van der Waals surface area contributed by atoms with E-state index < -0.39 is 0 Å². The molecule has 0 saturated heterocycles. The molecule has 0 aliphatic heterocycles. The first-order valence-electron chi connectivity index (χ1n) is 5.64. The summed E-state index contributed by atoms with van der Waals surface area (Å²) in [6.45, 7) is 5.26. The van der Waals surface area contributed by atoms with Crippen LogP contribution in [-0.4, -0.2) is 51.2 Å². The number of amides is 1. The van der Waals surface area contributed by atoms with Crippen molar-refractivity contribution in [2.75, 3.05) is 40.4 Å². The molecular formula is C11H24N2O2. The molecule has 0 rings (SSSR count). The predicted molar refractivity (Wildman–Crippen MR) is 61.9 cm³/mol. The number of hydrogen-bond donors (Lipinski definition) is 1. The van der Waals surface area contributed by atoms with Crippen LogP contribution in [0.5, 0.6) is 0 Å². The Morgan fingerprint density at radius 2 is 2.13 bits per heavy atom. The van der Waals surface area contributed by atoms with Crippen LogP contribution in [0.2, 0.25) is 0 Å². The molecule has 0 spiro atoms. The number of hydrogen-bond acceptors (Lipinski definition) is 3. The summed E-state index contributed by atoms with van der Waals surface area (Å²) in [5, 5.41) is 2.80. The first kappa shape index (κ1) is 14.4. The van der Waals surface area contributed by atoms with E-state index in [0.29, 0.717) is 19.6 Å². The number of nitrogens with zero attached hydrogens (tertiary/aromatic N) is 1. The van der Waals surface area contributed by atoms with Gasteiger partial charge in [-0.1, -0.05) is 13.3 Å². The number of methoxy groups -OCH3 is 1. The first-order valence-corrected chi connectivity index (χ1v) is 5.64. The zero-order chi connectivity index (χ0) is 11.5. The molecule has 0 heterocycles. The van der Waals surface area contributed by atoms with Gasteiger partial charge < -0.3 is 15.0 Å². The molecule has 0 atom stereocenters. The minimum atomic E-state index is 0.107. The topological polar surface area (TPSA) is 41.6 Å². The van der Waals surface area contributed by atoms with Crippen molar-refractivity contribution < 1.29 is 9.53 Å². The largest absolute Gasteiger partial charge is 0.383 e. The lowest BCUT2D eigenvalue weighted by Gasteiger charge is -2.15. The van der Waals surface area contributed by atoms with E-state index in [1.807, 2.05) is 0 Å². The summed E-state index contributed by atoms with van der Waals surface area (Å²) in [6, 6.07) is 0. The molecule has 0 aliphatic carbocycles. The van der Waals surface area contributed by atoms with E-state index in [0.717, 1.165) is 13.1 Å². The third-order valence-electron chi connectivity index (χ3n) is 2.24. The molecule has 0 fully saturated rings. The van der Waals surface area contributed by atoms with Gasteiger partial charge in [-0.05, 0) is 20.0 Å². The van der Waals surface area contributed by atoms with Crippen molar-refractivity contribution in [2.45, 2.75) is 26.2 Å². The Balaban J connectivity index is 3.36. The Labute approximate surface area is 93.0 Å². The van der Waals surface area contributed by atoms with E-state index in [9.17, 15) is 4.79 Å². The summed E-state index contributed by atoms with van der Waals surface area (Å²) >= 11 is 0. The maximum atomic E-state index is 11.3. The Morgan fingerprint density at radius 3 is 2.73 bits per heavy atom. The molecule has 90 valence electrons. The molecule has 0 saturated carbocycles. The van der Waals surface area contributed by atoms with Gasteiger partial charge in [0.1, 0.15) is 0 Å². The molecule has 1 amide bonds. The van der Waals surface area contributed by atoms with Crippen molar-refractivity contribution in [2.24, 2.45) is 0 Å². The highest BCUT2D eigenvalue weighted by molar-refractivity contribution is 5.75. The maximum Gasteiger partial charge on any atom is 0.221 e. The molecule has 0 aromatic carbocycles. The molecule has 0 bridgehead atoms. The predicted octanol–water partition coefficient (Wildman–Crippen LogP) is 0.871. The standard InChI is InChI=1S/C11H24N2O2/c1-4-5-8-13(2)9-6-11(14)12-7-10-15-3/h4-10H2,1-3H3,(H,12,14). The van der Waals surface area contributed by atoms with E-state index in [2.05, 4.69) is 24.2 Å². The third kappa shape index (κ3) is 9.69. The Hall–Kier alpha value is -0.610. The van der Waals surface area contributed by atoms with Gasteiger partial charge in [0.15, 0.2) is 0 Å². The van der Waals surface area contributed by atoms with Gasteiger partial charge >= 0.3 is 0 Å². The lowest BCUT2D eigenvalue weighted by Crippen LogP contribution is -2.31. The van der Waals surface area contributed by atoms with Crippen LogP contribution < -0.4 is 5.32 Å². The molecule has 0 aromatic rings. The molecule has 1 N–H and O–H groups in total. The van der Waals surface area contributed by atoms with Crippen LogP contribution in [0.4, 0.5) is 0 Å². The van der Waals surface area contributed by atoms with Crippen LogP contribution in [0.15, 0.2) is 0 Å². The van der Waals surface area contributed by atoms with Gasteiger partial charge in [0.05, 0.1) is 6.61 Å². The summed E-state index contributed by atoms with van der Waals surface area (Å²) < 4.78 is 4.85. The molecule has 0 radical (unpaired) electrons. The maximum absolute atomic E-state index is 11.3. The van der Waals surface area contributed by atoms with Crippen molar-refractivity contribution in [1.29, 1.82) is 0 Å². The zero-order valence-electron chi connectivity index (χ0n) is 10.2. The van der Waals surface area contributed by atoms with Crippen LogP contribution >= 0.6 is 0 Å². The fourth-order valence-corrected chi connectivity index (χ4v) is 1.21. The average Bonchev–Trinajstić information content (AvgIpc) is 2.24. The second-order valence-corrected chi connectivity index (χ2v) is 3.75. The van der Waals surface area contributed by atoms with Crippen molar-refractivity contribution >= 4 is 5.91 Å². The quantitative estimate of drug-likeness (QED) is 0.582. The number of nitrogens with one attached hydrogen (secondary N) is 1. The Bertz CT molecular complexity index is 163. The monoisotopic (exact) mass is 216 g/mol. The first-order chi connectivity index (χ1) is 7.20. The summed E-state index contributed by atoms with van der Waals surface area (Å²) in [5.41, 5.74) is 0. The average molecular weight is 216 g/mol. The van der Waals surface area contributed by atoms with Crippen LogP contribution in [0.25, 0.3) is 0 Å². The van der Waals surface area contributed by atoms with Crippen molar-refractivity contribution in [1.82, 2.24) is 10.2 Å². The normalized spacial score (nSPS) is 10.7. The van der Waals surface area contributed by atoms with E-state index in [-0.39, 0.29) is 5.91 Å². The van der Waals surface area contributed by atoms with Gasteiger partial charge in [0.25, 0.3) is 0 Å². The Morgan fingerprint density at radius 1 is 1.40 bits per heavy atom. The van der Waals surface area contributed by atoms with Gasteiger partial charge in [-0.2, -0.15) is 0 Å². The van der Waals surface area contributed by atoms with Crippen molar-refractivity contribution in [3.05, 3.63) is 0 Å². The zero-order valence-corrected chi connectivity index (χ0v) is 10.2. The van der Waals surface area contributed by atoms with Crippen LogP contribution in [0.1, 0.15) is 26.2 Å². The number of carbonyl (C=O) groups is 1. The van der Waals surface area contributed by atoms with Crippen molar-refractivity contribution in [3.63, 3.8) is 0 Å². The van der Waals surface area contributed by atoms with Crippen LogP contribution in [0.3, 0.4) is 0 Å². The van der Waals surface area contributed by atoms with Crippen LogP contribution in [0, 0.1) is 0 Å². The summed E-state index contributed by atoms with van der Waals surface area (Å²) in [6.07, 6.45) is 2.97. The molecule has 4 heteroatoms. The van der Waals surface area contributed by atoms with Crippen molar-refractivity contribution in [3.8, 4) is 0 Å². The van der Waals surface area contributed by atoms with Gasteiger partial charge in [-0.3, -0.25) is 4.79 Å². The number of ether oxygens (including phenoxy) is 1. The van der Waals surface area contributed by atoms with Gasteiger partial charge in [0.2, 0.25) is 5.91 Å². The molecule has 4 nitrogen and oxygen atoms in total. The fourth-order valence-electron chi connectivity index (χ4n) is 1.21. The molecule has 0 aliphatic rings.